The Morgan fingerprint density at radius 1 is 1.05 bits per heavy atom. The quantitative estimate of drug-likeness (QED) is 0.203. The molecule has 0 bridgehead atoms. The molecule has 3 heterocycles. The van der Waals surface area contributed by atoms with E-state index >= 15 is 0 Å². The molecule has 1 atom stereocenters. The molecule has 4 aromatic rings. The number of aliphatic hydroxyl groups excluding tert-OH is 1. The second-order valence-electron chi connectivity index (χ2n) is 8.86. The van der Waals surface area contributed by atoms with Crippen LogP contribution in [0.1, 0.15) is 24.1 Å². The molecule has 1 saturated heterocycles. The minimum absolute atomic E-state index is 0.0563. The molecule has 0 unspecified atom stereocenters. The molecule has 39 heavy (non-hydrogen) atoms. The van der Waals surface area contributed by atoms with Crippen molar-refractivity contribution in [2.75, 3.05) is 31.8 Å². The van der Waals surface area contributed by atoms with Crippen LogP contribution in [-0.4, -0.2) is 48.7 Å². The number of hydrogen-bond acceptors (Lipinski definition) is 9. The number of aromatic nitrogens is 1. The van der Waals surface area contributed by atoms with Gasteiger partial charge in [-0.3, -0.25) is 14.5 Å². The van der Waals surface area contributed by atoms with Gasteiger partial charge in [0, 0.05) is 5.56 Å². The summed E-state index contributed by atoms with van der Waals surface area (Å²) in [5.41, 5.74) is 1.52. The van der Waals surface area contributed by atoms with Crippen molar-refractivity contribution in [3.8, 4) is 23.0 Å². The number of methoxy groups -OCH3 is 1. The summed E-state index contributed by atoms with van der Waals surface area (Å²) in [5.74, 6) is 0.307. The Kier molecular flexibility index (Phi) is 6.32. The van der Waals surface area contributed by atoms with Gasteiger partial charge >= 0.3 is 5.91 Å². The average molecular weight is 545 g/mol. The number of benzene rings is 3. The molecule has 1 N–H and O–H groups in total. The molecular formula is C29H24N2O7S. The van der Waals surface area contributed by atoms with Gasteiger partial charge in [0.15, 0.2) is 16.6 Å². The number of aliphatic hydroxyl groups is 1. The lowest BCUT2D eigenvalue weighted by atomic mass is 9.95. The summed E-state index contributed by atoms with van der Waals surface area (Å²) in [4.78, 5) is 33.1. The van der Waals surface area contributed by atoms with Crippen LogP contribution in [0.2, 0.25) is 0 Å². The third-order valence-electron chi connectivity index (χ3n) is 6.54. The van der Waals surface area contributed by atoms with Crippen molar-refractivity contribution in [1.82, 2.24) is 4.98 Å². The number of ether oxygens (including phenoxy) is 4. The van der Waals surface area contributed by atoms with Gasteiger partial charge in [-0.25, -0.2) is 4.98 Å². The fourth-order valence-electron chi connectivity index (χ4n) is 4.76. The lowest BCUT2D eigenvalue weighted by Gasteiger charge is -2.23. The van der Waals surface area contributed by atoms with Gasteiger partial charge in [0.25, 0.3) is 5.78 Å². The molecule has 10 heteroatoms. The van der Waals surface area contributed by atoms with Crippen LogP contribution in [0.15, 0.2) is 66.2 Å². The summed E-state index contributed by atoms with van der Waals surface area (Å²) in [7, 11) is 1.54. The molecule has 1 fully saturated rings. The normalized spacial score (nSPS) is 18.0. The summed E-state index contributed by atoms with van der Waals surface area (Å²) in [5, 5.41) is 11.8. The Labute approximate surface area is 227 Å². The topological polar surface area (TPSA) is 107 Å². The Morgan fingerprint density at radius 3 is 2.67 bits per heavy atom. The molecule has 198 valence electrons. The number of carbonyl (C=O) groups excluding carboxylic acids is 2. The highest BCUT2D eigenvalue weighted by Gasteiger charge is 2.48. The van der Waals surface area contributed by atoms with E-state index in [1.807, 2.05) is 25.1 Å². The van der Waals surface area contributed by atoms with E-state index in [4.69, 9.17) is 18.9 Å². The van der Waals surface area contributed by atoms with Gasteiger partial charge in [-0.1, -0.05) is 23.5 Å². The van der Waals surface area contributed by atoms with E-state index in [0.717, 1.165) is 4.70 Å². The summed E-state index contributed by atoms with van der Waals surface area (Å²) in [6, 6.07) is 16.5. The number of ketones is 1. The van der Waals surface area contributed by atoms with E-state index in [2.05, 4.69) is 4.98 Å². The summed E-state index contributed by atoms with van der Waals surface area (Å²) < 4.78 is 23.1. The van der Waals surface area contributed by atoms with Crippen molar-refractivity contribution in [3.63, 3.8) is 0 Å². The van der Waals surface area contributed by atoms with Crippen LogP contribution in [-0.2, 0) is 9.59 Å². The highest BCUT2D eigenvalue weighted by atomic mass is 32.1. The molecule has 0 saturated carbocycles. The Morgan fingerprint density at radius 2 is 1.87 bits per heavy atom. The van der Waals surface area contributed by atoms with Crippen molar-refractivity contribution in [1.29, 1.82) is 0 Å². The zero-order valence-electron chi connectivity index (χ0n) is 21.2. The van der Waals surface area contributed by atoms with Crippen molar-refractivity contribution in [3.05, 3.63) is 77.4 Å². The maximum atomic E-state index is 13.6. The zero-order valence-corrected chi connectivity index (χ0v) is 22.0. The van der Waals surface area contributed by atoms with E-state index in [-0.39, 0.29) is 11.3 Å². The molecule has 1 amide bonds. The van der Waals surface area contributed by atoms with Gasteiger partial charge in [-0.2, -0.15) is 0 Å². The molecule has 1 aromatic heterocycles. The standard InChI is InChI=1S/C29H24N2O7S/c1-3-36-19-8-9-20-23(15-19)39-29(30-20)31-25(16-5-4-6-18(13-16)35-2)24(27(33)28(31)34)26(32)17-7-10-21-22(14-17)38-12-11-37-21/h4-10,13-15,25,32H,3,11-12H2,1-2H3/t25-/m1/s1. The predicted molar refractivity (Wildman–Crippen MR) is 146 cm³/mol. The molecule has 0 radical (unpaired) electrons. The van der Waals surface area contributed by atoms with E-state index in [0.29, 0.717) is 64.6 Å². The monoisotopic (exact) mass is 544 g/mol. The summed E-state index contributed by atoms with van der Waals surface area (Å²) >= 11 is 1.27. The van der Waals surface area contributed by atoms with E-state index < -0.39 is 17.7 Å². The molecular weight excluding hydrogens is 520 g/mol. The number of Topliss-reactive ketones (excluding diaryl/α,β-unsaturated/α-hetero) is 1. The van der Waals surface area contributed by atoms with Gasteiger partial charge in [0.1, 0.15) is 30.5 Å². The van der Waals surface area contributed by atoms with Crippen LogP contribution in [0.3, 0.4) is 0 Å². The first-order valence-corrected chi connectivity index (χ1v) is 13.2. The van der Waals surface area contributed by atoms with Crippen LogP contribution in [0.5, 0.6) is 23.0 Å². The van der Waals surface area contributed by atoms with Crippen molar-refractivity contribution < 1.29 is 33.6 Å². The van der Waals surface area contributed by atoms with Crippen LogP contribution < -0.4 is 23.8 Å². The van der Waals surface area contributed by atoms with Gasteiger partial charge in [-0.05, 0) is 61.0 Å². The first-order chi connectivity index (χ1) is 19.0. The fraction of sp³-hybridized carbons (Fsp3) is 0.207. The van der Waals surface area contributed by atoms with Crippen molar-refractivity contribution in [2.45, 2.75) is 13.0 Å². The summed E-state index contributed by atoms with van der Waals surface area (Å²) in [6.07, 6.45) is 0. The van der Waals surface area contributed by atoms with Gasteiger partial charge in [0.05, 0.1) is 35.5 Å². The number of anilines is 1. The highest BCUT2D eigenvalue weighted by Crippen LogP contribution is 2.45. The number of carbonyl (C=O) groups is 2. The first-order valence-electron chi connectivity index (χ1n) is 12.4. The highest BCUT2D eigenvalue weighted by molar-refractivity contribution is 7.22. The maximum Gasteiger partial charge on any atom is 0.301 e. The van der Waals surface area contributed by atoms with E-state index in [1.54, 1.807) is 42.5 Å². The molecule has 2 aliphatic heterocycles. The first kappa shape index (κ1) is 24.7. The van der Waals surface area contributed by atoms with Gasteiger partial charge in [-0.15, -0.1) is 0 Å². The molecule has 0 aliphatic carbocycles. The number of amides is 1. The molecule has 9 nitrogen and oxygen atoms in total. The summed E-state index contributed by atoms with van der Waals surface area (Å²) in [6.45, 7) is 3.21. The van der Waals surface area contributed by atoms with Crippen LogP contribution in [0.4, 0.5) is 5.13 Å². The smallest absolute Gasteiger partial charge is 0.301 e. The van der Waals surface area contributed by atoms with Crippen molar-refractivity contribution >= 4 is 44.1 Å². The van der Waals surface area contributed by atoms with Crippen LogP contribution in [0, 0.1) is 0 Å². The minimum Gasteiger partial charge on any atom is -0.507 e. The number of fused-ring (bicyclic) bond motifs is 2. The largest absolute Gasteiger partial charge is 0.507 e. The second-order valence-corrected chi connectivity index (χ2v) is 9.87. The Balaban J connectivity index is 1.52. The third-order valence-corrected chi connectivity index (χ3v) is 7.55. The van der Waals surface area contributed by atoms with E-state index in [9.17, 15) is 14.7 Å². The van der Waals surface area contributed by atoms with Crippen LogP contribution in [0.25, 0.3) is 16.0 Å². The molecule has 0 spiro atoms. The maximum absolute atomic E-state index is 13.6. The lowest BCUT2D eigenvalue weighted by Crippen LogP contribution is -2.29. The van der Waals surface area contributed by atoms with Gasteiger partial charge in [0.2, 0.25) is 0 Å². The lowest BCUT2D eigenvalue weighted by molar-refractivity contribution is -0.132. The number of thiazole rings is 1. The SMILES string of the molecule is CCOc1ccc2nc(N3C(=O)C(=O)C(=C(O)c4ccc5c(c4)OCCO5)[C@H]3c3cccc(OC)c3)sc2c1. The molecule has 6 rings (SSSR count). The Bertz CT molecular complexity index is 1640. The predicted octanol–water partition coefficient (Wildman–Crippen LogP) is 5.10. The third kappa shape index (κ3) is 4.32. The Hall–Kier alpha value is -4.57. The van der Waals surface area contributed by atoms with Crippen LogP contribution >= 0.6 is 11.3 Å². The second kappa shape index (κ2) is 9.95. The van der Waals surface area contributed by atoms with Crippen molar-refractivity contribution in [2.24, 2.45) is 0 Å². The number of rotatable bonds is 6. The zero-order chi connectivity index (χ0) is 27.1. The molecule has 2 aliphatic rings. The number of nitrogens with zero attached hydrogens (tertiary/aromatic N) is 2. The average Bonchev–Trinajstić information content (AvgIpc) is 3.50. The fourth-order valence-corrected chi connectivity index (χ4v) is 5.78. The molecule has 3 aromatic carbocycles. The van der Waals surface area contributed by atoms with E-state index in [1.165, 1.54) is 23.3 Å². The number of hydrogen-bond donors (Lipinski definition) is 1. The van der Waals surface area contributed by atoms with Gasteiger partial charge < -0.3 is 24.1 Å². The minimum atomic E-state index is -0.944.